The second-order valence-corrected chi connectivity index (χ2v) is 4.46. The number of piperazine rings is 1. The van der Waals surface area contributed by atoms with Crippen LogP contribution >= 0.6 is 0 Å². The molecule has 4 heteroatoms. The minimum atomic E-state index is 0.110. The number of carbonyl (C=O) groups is 1. The predicted octanol–water partition coefficient (Wildman–Crippen LogP) is 0.533. The van der Waals surface area contributed by atoms with Crippen LogP contribution in [0, 0.1) is 0 Å². The Kier molecular flexibility index (Phi) is 3.76. The number of likely N-dealkylation sites (N-methyl/N-ethyl adjacent to an activating group) is 1. The van der Waals surface area contributed by atoms with Crippen molar-refractivity contribution in [2.24, 2.45) is 5.73 Å². The SMILES string of the molecule is CN1CCN(C(=O)c2ccccc2CN)CC1. The number of nitrogens with two attached hydrogens (primary N) is 1. The highest BCUT2D eigenvalue weighted by Gasteiger charge is 2.21. The van der Waals surface area contributed by atoms with Crippen molar-refractivity contribution in [3.05, 3.63) is 35.4 Å². The second kappa shape index (κ2) is 5.29. The van der Waals surface area contributed by atoms with Crippen LogP contribution in [-0.2, 0) is 6.54 Å². The topological polar surface area (TPSA) is 49.6 Å². The molecule has 1 aliphatic heterocycles. The first-order chi connectivity index (χ1) is 8.22. The van der Waals surface area contributed by atoms with Crippen molar-refractivity contribution >= 4 is 5.91 Å². The third kappa shape index (κ3) is 2.65. The zero-order chi connectivity index (χ0) is 12.3. The summed E-state index contributed by atoms with van der Waals surface area (Å²) < 4.78 is 0. The molecule has 0 spiro atoms. The lowest BCUT2D eigenvalue weighted by Crippen LogP contribution is -2.47. The van der Waals surface area contributed by atoms with Gasteiger partial charge in [0.25, 0.3) is 5.91 Å². The Morgan fingerprint density at radius 1 is 1.24 bits per heavy atom. The largest absolute Gasteiger partial charge is 0.336 e. The minimum absolute atomic E-state index is 0.110. The number of hydrogen-bond acceptors (Lipinski definition) is 3. The molecule has 0 saturated carbocycles. The molecular formula is C13H19N3O. The van der Waals surface area contributed by atoms with Crippen LogP contribution in [0.2, 0.25) is 0 Å². The van der Waals surface area contributed by atoms with Gasteiger partial charge >= 0.3 is 0 Å². The summed E-state index contributed by atoms with van der Waals surface area (Å²) in [5.74, 6) is 0.110. The van der Waals surface area contributed by atoms with Gasteiger partial charge in [-0.25, -0.2) is 0 Å². The summed E-state index contributed by atoms with van der Waals surface area (Å²) in [5.41, 5.74) is 7.34. The van der Waals surface area contributed by atoms with E-state index in [-0.39, 0.29) is 5.91 Å². The number of hydrogen-bond donors (Lipinski definition) is 1. The molecule has 1 fully saturated rings. The van der Waals surface area contributed by atoms with Gasteiger partial charge in [-0.1, -0.05) is 18.2 Å². The Labute approximate surface area is 102 Å². The first-order valence-electron chi connectivity index (χ1n) is 5.98. The van der Waals surface area contributed by atoms with Crippen LogP contribution in [0.15, 0.2) is 24.3 Å². The molecule has 1 saturated heterocycles. The Hall–Kier alpha value is -1.39. The van der Waals surface area contributed by atoms with Crippen molar-refractivity contribution < 1.29 is 4.79 Å². The second-order valence-electron chi connectivity index (χ2n) is 4.46. The van der Waals surface area contributed by atoms with Gasteiger partial charge in [0.05, 0.1) is 0 Å². The summed E-state index contributed by atoms with van der Waals surface area (Å²) in [6.07, 6.45) is 0. The average molecular weight is 233 g/mol. The van der Waals surface area contributed by atoms with E-state index in [1.165, 1.54) is 0 Å². The Morgan fingerprint density at radius 2 is 1.88 bits per heavy atom. The van der Waals surface area contributed by atoms with Crippen LogP contribution in [0.3, 0.4) is 0 Å². The van der Waals surface area contributed by atoms with E-state index in [4.69, 9.17) is 5.73 Å². The fourth-order valence-corrected chi connectivity index (χ4v) is 2.09. The van der Waals surface area contributed by atoms with Gasteiger partial charge in [0.15, 0.2) is 0 Å². The molecule has 2 rings (SSSR count). The van der Waals surface area contributed by atoms with E-state index in [1.54, 1.807) is 0 Å². The van der Waals surface area contributed by atoms with Gasteiger partial charge in [-0.15, -0.1) is 0 Å². The normalized spacial score (nSPS) is 17.2. The Morgan fingerprint density at radius 3 is 2.53 bits per heavy atom. The molecule has 0 atom stereocenters. The van der Waals surface area contributed by atoms with Crippen molar-refractivity contribution in [3.8, 4) is 0 Å². The maximum atomic E-state index is 12.3. The number of rotatable bonds is 2. The summed E-state index contributed by atoms with van der Waals surface area (Å²) >= 11 is 0. The first kappa shape index (κ1) is 12.1. The maximum absolute atomic E-state index is 12.3. The van der Waals surface area contributed by atoms with E-state index in [2.05, 4.69) is 11.9 Å². The van der Waals surface area contributed by atoms with E-state index in [1.807, 2.05) is 29.2 Å². The molecule has 4 nitrogen and oxygen atoms in total. The first-order valence-corrected chi connectivity index (χ1v) is 5.98. The molecule has 92 valence electrons. The van der Waals surface area contributed by atoms with Crippen LogP contribution in [0.1, 0.15) is 15.9 Å². The zero-order valence-corrected chi connectivity index (χ0v) is 10.2. The molecule has 1 aromatic rings. The highest BCUT2D eigenvalue weighted by atomic mass is 16.2. The maximum Gasteiger partial charge on any atom is 0.254 e. The average Bonchev–Trinajstić information content (AvgIpc) is 2.39. The van der Waals surface area contributed by atoms with Crippen LogP contribution in [0.25, 0.3) is 0 Å². The molecule has 0 unspecified atom stereocenters. The van der Waals surface area contributed by atoms with Crippen molar-refractivity contribution in [2.75, 3.05) is 33.2 Å². The van der Waals surface area contributed by atoms with Gasteiger partial charge in [0.1, 0.15) is 0 Å². The van der Waals surface area contributed by atoms with Gasteiger partial charge in [-0.2, -0.15) is 0 Å². The Balaban J connectivity index is 2.14. The zero-order valence-electron chi connectivity index (χ0n) is 10.2. The fourth-order valence-electron chi connectivity index (χ4n) is 2.09. The molecule has 1 aromatic carbocycles. The van der Waals surface area contributed by atoms with Gasteiger partial charge in [-0.05, 0) is 18.7 Å². The van der Waals surface area contributed by atoms with Crippen LogP contribution in [0.4, 0.5) is 0 Å². The van der Waals surface area contributed by atoms with E-state index >= 15 is 0 Å². The number of nitrogens with zero attached hydrogens (tertiary/aromatic N) is 2. The molecule has 0 aromatic heterocycles. The lowest BCUT2D eigenvalue weighted by Gasteiger charge is -2.32. The fraction of sp³-hybridized carbons (Fsp3) is 0.462. The van der Waals surface area contributed by atoms with E-state index in [0.29, 0.717) is 6.54 Å². The number of carbonyl (C=O) groups excluding carboxylic acids is 1. The van der Waals surface area contributed by atoms with Crippen molar-refractivity contribution in [3.63, 3.8) is 0 Å². The highest BCUT2D eigenvalue weighted by molar-refractivity contribution is 5.95. The molecule has 0 bridgehead atoms. The molecule has 17 heavy (non-hydrogen) atoms. The van der Waals surface area contributed by atoms with E-state index < -0.39 is 0 Å². The summed E-state index contributed by atoms with van der Waals surface area (Å²) in [6, 6.07) is 7.59. The molecule has 1 amide bonds. The van der Waals surface area contributed by atoms with Gasteiger partial charge < -0.3 is 15.5 Å². The molecule has 0 aliphatic carbocycles. The lowest BCUT2D eigenvalue weighted by atomic mass is 10.1. The van der Waals surface area contributed by atoms with Gasteiger partial charge in [-0.3, -0.25) is 4.79 Å². The summed E-state index contributed by atoms with van der Waals surface area (Å²) in [7, 11) is 2.08. The third-order valence-corrected chi connectivity index (χ3v) is 3.26. The standard InChI is InChI=1S/C13H19N3O/c1-15-6-8-16(9-7-15)13(17)12-5-3-2-4-11(12)10-14/h2-5H,6-10,14H2,1H3. The smallest absolute Gasteiger partial charge is 0.254 e. The lowest BCUT2D eigenvalue weighted by molar-refractivity contribution is 0.0663. The summed E-state index contributed by atoms with van der Waals surface area (Å²) in [4.78, 5) is 16.5. The number of benzene rings is 1. The molecular weight excluding hydrogens is 214 g/mol. The predicted molar refractivity (Wildman–Crippen MR) is 67.7 cm³/mol. The van der Waals surface area contributed by atoms with Crippen LogP contribution in [0.5, 0.6) is 0 Å². The quantitative estimate of drug-likeness (QED) is 0.811. The van der Waals surface area contributed by atoms with Crippen molar-refractivity contribution in [1.29, 1.82) is 0 Å². The monoisotopic (exact) mass is 233 g/mol. The summed E-state index contributed by atoms with van der Waals surface area (Å²) in [5, 5.41) is 0. The minimum Gasteiger partial charge on any atom is -0.336 e. The van der Waals surface area contributed by atoms with Crippen LogP contribution < -0.4 is 5.73 Å². The van der Waals surface area contributed by atoms with Crippen LogP contribution in [-0.4, -0.2) is 48.9 Å². The van der Waals surface area contributed by atoms with Crippen molar-refractivity contribution in [2.45, 2.75) is 6.54 Å². The molecule has 2 N–H and O–H groups in total. The molecule has 0 radical (unpaired) electrons. The van der Waals surface area contributed by atoms with Gasteiger partial charge in [0.2, 0.25) is 0 Å². The molecule has 1 aliphatic rings. The van der Waals surface area contributed by atoms with Crippen molar-refractivity contribution in [1.82, 2.24) is 9.80 Å². The van der Waals surface area contributed by atoms with E-state index in [9.17, 15) is 4.79 Å². The number of amides is 1. The summed E-state index contributed by atoms with van der Waals surface area (Å²) in [6.45, 7) is 3.89. The molecule has 1 heterocycles. The third-order valence-electron chi connectivity index (χ3n) is 3.26. The highest BCUT2D eigenvalue weighted by Crippen LogP contribution is 2.12. The van der Waals surface area contributed by atoms with Gasteiger partial charge in [0, 0.05) is 38.3 Å². The van der Waals surface area contributed by atoms with E-state index in [0.717, 1.165) is 37.3 Å². The Bertz CT molecular complexity index is 397.